The summed E-state index contributed by atoms with van der Waals surface area (Å²) >= 11 is 0. The van der Waals surface area contributed by atoms with Gasteiger partial charge in [-0.1, -0.05) is 72.8 Å². The van der Waals surface area contributed by atoms with E-state index in [2.05, 4.69) is 84.6 Å². The van der Waals surface area contributed by atoms with Crippen LogP contribution in [0, 0.1) is 0 Å². The first-order valence-corrected chi connectivity index (χ1v) is 10.8. The van der Waals surface area contributed by atoms with E-state index in [9.17, 15) is 0 Å². The molecule has 0 radical (unpaired) electrons. The maximum atomic E-state index is 2.77. The maximum absolute atomic E-state index is 2.77. The van der Waals surface area contributed by atoms with Gasteiger partial charge in [-0.3, -0.25) is 4.90 Å². The van der Waals surface area contributed by atoms with E-state index in [0.29, 0.717) is 0 Å². The van der Waals surface area contributed by atoms with Crippen molar-refractivity contribution in [2.75, 3.05) is 6.54 Å². The van der Waals surface area contributed by atoms with E-state index in [4.69, 9.17) is 0 Å². The monoisotopic (exact) mass is 367 g/mol. The summed E-state index contributed by atoms with van der Waals surface area (Å²) in [5.74, 6) is 0. The molecule has 0 bridgehead atoms. The fraction of sp³-hybridized carbons (Fsp3) is 0.333. The predicted octanol–water partition coefficient (Wildman–Crippen LogP) is 6.36. The molecule has 1 heterocycles. The molecule has 1 heteroatoms. The molecule has 1 saturated heterocycles. The molecule has 0 saturated carbocycles. The van der Waals surface area contributed by atoms with Crippen molar-refractivity contribution < 1.29 is 0 Å². The van der Waals surface area contributed by atoms with Crippen LogP contribution < -0.4 is 0 Å². The molecule has 0 N–H and O–H groups in total. The zero-order chi connectivity index (χ0) is 18.9. The Balaban J connectivity index is 1.45. The number of hydrogen-bond donors (Lipinski definition) is 0. The topological polar surface area (TPSA) is 3.24 Å². The largest absolute Gasteiger partial charge is 0.297 e. The summed E-state index contributed by atoms with van der Waals surface area (Å²) < 4.78 is 0. The average Bonchev–Trinajstić information content (AvgIpc) is 3.19. The van der Waals surface area contributed by atoms with Crippen molar-refractivity contribution in [3.8, 4) is 22.3 Å². The van der Waals surface area contributed by atoms with Gasteiger partial charge in [-0.05, 0) is 79.0 Å². The number of fused-ring (bicyclic) bond motifs is 1. The van der Waals surface area contributed by atoms with Crippen LogP contribution in [0.4, 0.5) is 0 Å². The van der Waals surface area contributed by atoms with Gasteiger partial charge in [-0.2, -0.15) is 0 Å². The summed E-state index contributed by atoms with van der Waals surface area (Å²) in [5, 5.41) is 0. The Hall–Kier alpha value is -2.38. The van der Waals surface area contributed by atoms with E-state index in [1.807, 2.05) is 0 Å². The Kier molecular flexibility index (Phi) is 4.78. The number of benzene rings is 3. The van der Waals surface area contributed by atoms with E-state index in [1.165, 1.54) is 60.9 Å². The molecule has 3 aromatic carbocycles. The lowest BCUT2D eigenvalue weighted by atomic mass is 9.84. The fourth-order valence-corrected chi connectivity index (χ4v) is 5.29. The van der Waals surface area contributed by atoms with Crippen molar-refractivity contribution in [2.45, 2.75) is 51.1 Å². The number of hydrogen-bond acceptors (Lipinski definition) is 1. The van der Waals surface area contributed by atoms with Gasteiger partial charge in [0.05, 0.1) is 0 Å². The smallest absolute Gasteiger partial charge is 0.0142 e. The number of aryl methyl sites for hydroxylation is 1. The first-order chi connectivity index (χ1) is 13.8. The molecule has 3 aromatic rings. The molecule has 0 spiro atoms. The molecule has 2 atom stereocenters. The Bertz CT molecular complexity index is 959. The first-order valence-electron chi connectivity index (χ1n) is 10.8. The third kappa shape index (κ3) is 3.29. The second-order valence-corrected chi connectivity index (χ2v) is 8.52. The van der Waals surface area contributed by atoms with Crippen LogP contribution in [0.15, 0.2) is 72.8 Å². The molecule has 1 aliphatic heterocycles. The van der Waals surface area contributed by atoms with Gasteiger partial charge in [0.25, 0.3) is 0 Å². The summed E-state index contributed by atoms with van der Waals surface area (Å²) in [6.45, 7) is 3.70. The highest BCUT2D eigenvalue weighted by Crippen LogP contribution is 2.35. The minimum atomic E-state index is 0.743. The molecule has 2 aliphatic rings. The highest BCUT2D eigenvalue weighted by Gasteiger charge is 2.30. The minimum absolute atomic E-state index is 0.743. The molecule has 28 heavy (non-hydrogen) atoms. The third-order valence-corrected chi connectivity index (χ3v) is 6.80. The first kappa shape index (κ1) is 17.7. The molecule has 0 amide bonds. The van der Waals surface area contributed by atoms with Crippen molar-refractivity contribution in [3.05, 3.63) is 83.9 Å². The van der Waals surface area contributed by atoms with Gasteiger partial charge < -0.3 is 0 Å². The van der Waals surface area contributed by atoms with Crippen LogP contribution in [0.25, 0.3) is 22.3 Å². The Labute approximate surface area is 169 Å². The van der Waals surface area contributed by atoms with E-state index in [-0.39, 0.29) is 0 Å². The Morgan fingerprint density at radius 1 is 0.750 bits per heavy atom. The minimum Gasteiger partial charge on any atom is -0.297 e. The van der Waals surface area contributed by atoms with Gasteiger partial charge in [-0.15, -0.1) is 0 Å². The molecular formula is C27H29N. The summed E-state index contributed by atoms with van der Waals surface area (Å²) in [7, 11) is 0. The second-order valence-electron chi connectivity index (χ2n) is 8.52. The van der Waals surface area contributed by atoms with Crippen LogP contribution in [0.3, 0.4) is 0 Å². The summed E-state index contributed by atoms with van der Waals surface area (Å²) in [4.78, 5) is 2.77. The normalized spacial score (nSPS) is 22.2. The van der Waals surface area contributed by atoms with Crippen LogP contribution in [-0.2, 0) is 12.8 Å². The van der Waals surface area contributed by atoms with Crippen molar-refractivity contribution in [1.29, 1.82) is 0 Å². The molecule has 0 aromatic heterocycles. The standard InChI is InChI=1S/C27H29N/c1-20-8-7-17-28(20)25-16-15-22-18-24(14-13-23(22)19-25)27-12-6-5-11-26(27)21-9-3-2-4-10-21/h2-6,9-14,18,20,25H,7-8,15-17,19H2,1H3. The van der Waals surface area contributed by atoms with Crippen LogP contribution in [-0.4, -0.2) is 23.5 Å². The SMILES string of the molecule is CC1CCCN1C1CCc2cc(-c3ccccc3-c3ccccc3)ccc2C1. The third-order valence-electron chi connectivity index (χ3n) is 6.80. The van der Waals surface area contributed by atoms with Gasteiger partial charge in [0, 0.05) is 12.1 Å². The Morgan fingerprint density at radius 2 is 1.50 bits per heavy atom. The van der Waals surface area contributed by atoms with Gasteiger partial charge in [-0.25, -0.2) is 0 Å². The number of likely N-dealkylation sites (tertiary alicyclic amines) is 1. The molecule has 1 fully saturated rings. The summed E-state index contributed by atoms with van der Waals surface area (Å²) in [6, 6.07) is 28.3. The van der Waals surface area contributed by atoms with E-state index >= 15 is 0 Å². The zero-order valence-corrected chi connectivity index (χ0v) is 16.8. The molecule has 2 unspecified atom stereocenters. The highest BCUT2D eigenvalue weighted by molar-refractivity contribution is 5.83. The van der Waals surface area contributed by atoms with Crippen LogP contribution in [0.1, 0.15) is 37.3 Å². The lowest BCUT2D eigenvalue weighted by molar-refractivity contribution is 0.174. The Morgan fingerprint density at radius 3 is 2.25 bits per heavy atom. The van der Waals surface area contributed by atoms with Crippen molar-refractivity contribution in [2.24, 2.45) is 0 Å². The van der Waals surface area contributed by atoms with Crippen LogP contribution in [0.5, 0.6) is 0 Å². The van der Waals surface area contributed by atoms with Crippen LogP contribution in [0.2, 0.25) is 0 Å². The van der Waals surface area contributed by atoms with Gasteiger partial charge in [0.15, 0.2) is 0 Å². The summed E-state index contributed by atoms with van der Waals surface area (Å²) in [5.41, 5.74) is 8.43. The van der Waals surface area contributed by atoms with Crippen molar-refractivity contribution in [3.63, 3.8) is 0 Å². The summed E-state index contributed by atoms with van der Waals surface area (Å²) in [6.07, 6.45) is 6.49. The molecule has 1 nitrogen and oxygen atoms in total. The van der Waals surface area contributed by atoms with Gasteiger partial charge >= 0.3 is 0 Å². The molecule has 142 valence electrons. The second kappa shape index (κ2) is 7.56. The quantitative estimate of drug-likeness (QED) is 0.520. The highest BCUT2D eigenvalue weighted by atomic mass is 15.2. The fourth-order valence-electron chi connectivity index (χ4n) is 5.29. The molecule has 5 rings (SSSR count). The van der Waals surface area contributed by atoms with E-state index < -0.39 is 0 Å². The van der Waals surface area contributed by atoms with Gasteiger partial charge in [0.1, 0.15) is 0 Å². The van der Waals surface area contributed by atoms with Gasteiger partial charge in [0.2, 0.25) is 0 Å². The molecule has 1 aliphatic carbocycles. The van der Waals surface area contributed by atoms with E-state index in [0.717, 1.165) is 12.1 Å². The lowest BCUT2D eigenvalue weighted by Gasteiger charge is -2.35. The van der Waals surface area contributed by atoms with Crippen LogP contribution >= 0.6 is 0 Å². The number of nitrogens with zero attached hydrogens (tertiary/aromatic N) is 1. The van der Waals surface area contributed by atoms with E-state index in [1.54, 1.807) is 11.1 Å². The van der Waals surface area contributed by atoms with Crippen molar-refractivity contribution in [1.82, 2.24) is 4.90 Å². The maximum Gasteiger partial charge on any atom is 0.0142 e. The van der Waals surface area contributed by atoms with Crippen molar-refractivity contribution >= 4 is 0 Å². The average molecular weight is 368 g/mol. The zero-order valence-electron chi connectivity index (χ0n) is 16.8. The lowest BCUT2D eigenvalue weighted by Crippen LogP contribution is -2.41. The number of rotatable bonds is 3. The molecular weight excluding hydrogens is 338 g/mol. The predicted molar refractivity (Wildman–Crippen MR) is 119 cm³/mol.